The molecule has 0 radical (unpaired) electrons. The molecule has 1 fully saturated rings. The van der Waals surface area contributed by atoms with E-state index in [1.165, 1.54) is 6.07 Å². The van der Waals surface area contributed by atoms with E-state index >= 15 is 0 Å². The van der Waals surface area contributed by atoms with Crippen LogP contribution in [0.15, 0.2) is 18.2 Å². The lowest BCUT2D eigenvalue weighted by Gasteiger charge is -2.34. The van der Waals surface area contributed by atoms with Crippen LogP contribution in [0.2, 0.25) is 0 Å². The molecule has 0 aromatic heterocycles. The van der Waals surface area contributed by atoms with Crippen LogP contribution in [-0.4, -0.2) is 54.2 Å². The number of nitrogens with two attached hydrogens (primary N) is 1. The quantitative estimate of drug-likeness (QED) is 0.810. The number of halogens is 1. The summed E-state index contributed by atoms with van der Waals surface area (Å²) in [6.07, 6.45) is 0. The van der Waals surface area contributed by atoms with Gasteiger partial charge in [-0.1, -0.05) is 12.1 Å². The first kappa shape index (κ1) is 14.4. The first-order valence-electron chi connectivity index (χ1n) is 6.76. The molecule has 0 aliphatic carbocycles. The fourth-order valence-corrected chi connectivity index (χ4v) is 2.45. The van der Waals surface area contributed by atoms with Gasteiger partial charge >= 0.3 is 0 Å². The van der Waals surface area contributed by atoms with Crippen LogP contribution in [0.5, 0.6) is 0 Å². The topological polar surface area (TPSA) is 52.7 Å². The average molecular weight is 267 g/mol. The number of aliphatic hydroxyl groups is 1. The lowest BCUT2D eigenvalue weighted by molar-refractivity contribution is 0.108. The molecule has 5 heteroatoms. The molecule has 19 heavy (non-hydrogen) atoms. The highest BCUT2D eigenvalue weighted by molar-refractivity contribution is 5.25. The molecule has 0 unspecified atom stereocenters. The number of aliphatic hydroxyl groups excluding tert-OH is 1. The van der Waals surface area contributed by atoms with Crippen LogP contribution in [0.4, 0.5) is 4.39 Å². The average Bonchev–Trinajstić information content (AvgIpc) is 2.43. The summed E-state index contributed by atoms with van der Waals surface area (Å²) >= 11 is 0. The number of hydrogen-bond acceptors (Lipinski definition) is 4. The molecule has 1 aliphatic heterocycles. The normalized spacial score (nSPS) is 17.8. The zero-order valence-corrected chi connectivity index (χ0v) is 11.2. The van der Waals surface area contributed by atoms with Crippen molar-refractivity contribution in [2.75, 3.05) is 39.3 Å². The summed E-state index contributed by atoms with van der Waals surface area (Å²) in [6.45, 7) is 5.96. The molecule has 1 aromatic carbocycles. The van der Waals surface area contributed by atoms with Gasteiger partial charge in [-0.15, -0.1) is 0 Å². The molecule has 106 valence electrons. The summed E-state index contributed by atoms with van der Waals surface area (Å²) in [4.78, 5) is 4.61. The van der Waals surface area contributed by atoms with Crippen LogP contribution >= 0.6 is 0 Å². The van der Waals surface area contributed by atoms with Crippen molar-refractivity contribution in [2.45, 2.75) is 13.1 Å². The first-order valence-corrected chi connectivity index (χ1v) is 6.76. The molecule has 2 rings (SSSR count). The van der Waals surface area contributed by atoms with Crippen molar-refractivity contribution in [3.63, 3.8) is 0 Å². The minimum Gasteiger partial charge on any atom is -0.395 e. The second-order valence-corrected chi connectivity index (χ2v) is 4.97. The lowest BCUT2D eigenvalue weighted by Crippen LogP contribution is -2.46. The van der Waals surface area contributed by atoms with Crippen molar-refractivity contribution >= 4 is 0 Å². The highest BCUT2D eigenvalue weighted by atomic mass is 19.1. The van der Waals surface area contributed by atoms with E-state index in [1.807, 2.05) is 12.1 Å². The standard InChI is InChI=1S/C14H22FN3O/c15-14-2-1-12(9-13(14)10-16)11-18-5-3-17(4-6-18)7-8-19/h1-2,9,19H,3-8,10-11,16H2. The monoisotopic (exact) mass is 267 g/mol. The smallest absolute Gasteiger partial charge is 0.127 e. The Hall–Kier alpha value is -1.01. The van der Waals surface area contributed by atoms with Crippen molar-refractivity contribution in [1.82, 2.24) is 9.80 Å². The van der Waals surface area contributed by atoms with Gasteiger partial charge in [-0.05, 0) is 11.6 Å². The fourth-order valence-electron chi connectivity index (χ4n) is 2.45. The van der Waals surface area contributed by atoms with Gasteiger partial charge in [0.1, 0.15) is 5.82 Å². The maximum atomic E-state index is 13.4. The van der Waals surface area contributed by atoms with Gasteiger partial charge in [-0.2, -0.15) is 0 Å². The number of hydrogen-bond donors (Lipinski definition) is 2. The Bertz CT molecular complexity index is 406. The summed E-state index contributed by atoms with van der Waals surface area (Å²) in [5.74, 6) is -0.223. The van der Waals surface area contributed by atoms with Gasteiger partial charge in [0.15, 0.2) is 0 Å². The van der Waals surface area contributed by atoms with Crippen LogP contribution in [0.3, 0.4) is 0 Å². The van der Waals surface area contributed by atoms with Crippen LogP contribution in [-0.2, 0) is 13.1 Å². The van der Waals surface area contributed by atoms with Crippen molar-refractivity contribution < 1.29 is 9.50 Å². The molecule has 1 aliphatic rings. The molecule has 0 saturated carbocycles. The van der Waals surface area contributed by atoms with Gasteiger partial charge in [0.25, 0.3) is 0 Å². The second-order valence-electron chi connectivity index (χ2n) is 4.97. The molecule has 1 saturated heterocycles. The van der Waals surface area contributed by atoms with E-state index < -0.39 is 0 Å². The summed E-state index contributed by atoms with van der Waals surface area (Å²) in [5.41, 5.74) is 7.21. The summed E-state index contributed by atoms with van der Waals surface area (Å²) in [5, 5.41) is 8.90. The minimum atomic E-state index is -0.223. The van der Waals surface area contributed by atoms with Crippen molar-refractivity contribution in [2.24, 2.45) is 5.73 Å². The van der Waals surface area contributed by atoms with Gasteiger partial charge in [0.2, 0.25) is 0 Å². The molecule has 1 heterocycles. The Morgan fingerprint density at radius 3 is 2.47 bits per heavy atom. The van der Waals surface area contributed by atoms with Crippen molar-refractivity contribution in [3.05, 3.63) is 35.1 Å². The van der Waals surface area contributed by atoms with E-state index in [0.717, 1.165) is 44.8 Å². The van der Waals surface area contributed by atoms with Crippen LogP contribution in [0, 0.1) is 5.82 Å². The van der Waals surface area contributed by atoms with Gasteiger partial charge in [-0.3, -0.25) is 9.80 Å². The Morgan fingerprint density at radius 2 is 1.84 bits per heavy atom. The Labute approximate surface area is 113 Å². The van der Waals surface area contributed by atoms with E-state index in [0.29, 0.717) is 5.56 Å². The van der Waals surface area contributed by atoms with Crippen molar-refractivity contribution in [1.29, 1.82) is 0 Å². The maximum absolute atomic E-state index is 13.4. The lowest BCUT2D eigenvalue weighted by atomic mass is 10.1. The van der Waals surface area contributed by atoms with E-state index in [-0.39, 0.29) is 19.0 Å². The van der Waals surface area contributed by atoms with E-state index in [1.54, 1.807) is 0 Å². The highest BCUT2D eigenvalue weighted by Crippen LogP contribution is 2.13. The molecule has 4 nitrogen and oxygen atoms in total. The molecular formula is C14H22FN3O. The fraction of sp³-hybridized carbons (Fsp3) is 0.571. The summed E-state index contributed by atoms with van der Waals surface area (Å²) < 4.78 is 13.4. The Morgan fingerprint density at radius 1 is 1.16 bits per heavy atom. The van der Waals surface area contributed by atoms with Crippen LogP contribution in [0.1, 0.15) is 11.1 Å². The molecule has 3 N–H and O–H groups in total. The molecule has 0 spiro atoms. The molecule has 0 atom stereocenters. The third-order valence-corrected chi connectivity index (χ3v) is 3.62. The molecule has 0 bridgehead atoms. The van der Waals surface area contributed by atoms with E-state index in [9.17, 15) is 4.39 Å². The zero-order valence-electron chi connectivity index (χ0n) is 11.2. The maximum Gasteiger partial charge on any atom is 0.127 e. The third-order valence-electron chi connectivity index (χ3n) is 3.62. The van der Waals surface area contributed by atoms with Gasteiger partial charge in [0.05, 0.1) is 6.61 Å². The van der Waals surface area contributed by atoms with Crippen molar-refractivity contribution in [3.8, 4) is 0 Å². The number of benzene rings is 1. The largest absolute Gasteiger partial charge is 0.395 e. The number of rotatable bonds is 5. The summed E-state index contributed by atoms with van der Waals surface area (Å²) in [7, 11) is 0. The molecule has 1 aromatic rings. The second kappa shape index (κ2) is 6.96. The Kier molecular flexibility index (Phi) is 5.27. The van der Waals surface area contributed by atoms with Gasteiger partial charge < -0.3 is 10.8 Å². The summed E-state index contributed by atoms with van der Waals surface area (Å²) in [6, 6.07) is 5.18. The van der Waals surface area contributed by atoms with Crippen LogP contribution < -0.4 is 5.73 Å². The zero-order chi connectivity index (χ0) is 13.7. The number of piperazine rings is 1. The minimum absolute atomic E-state index is 0.220. The highest BCUT2D eigenvalue weighted by Gasteiger charge is 2.16. The predicted molar refractivity (Wildman–Crippen MR) is 73.1 cm³/mol. The van der Waals surface area contributed by atoms with Gasteiger partial charge in [-0.25, -0.2) is 4.39 Å². The number of β-amino-alcohol motifs (C(OH)–C–C–N with tert-alkyl or cyclic N) is 1. The van der Waals surface area contributed by atoms with Crippen LogP contribution in [0.25, 0.3) is 0 Å². The van der Waals surface area contributed by atoms with Gasteiger partial charge in [0, 0.05) is 51.4 Å². The SMILES string of the molecule is NCc1cc(CN2CCN(CCO)CC2)ccc1F. The molecule has 0 amide bonds. The molecular weight excluding hydrogens is 245 g/mol. The Balaban J connectivity index is 1.88. The van der Waals surface area contributed by atoms with E-state index in [2.05, 4.69) is 9.80 Å². The third kappa shape index (κ3) is 3.98. The van der Waals surface area contributed by atoms with E-state index in [4.69, 9.17) is 10.8 Å². The first-order chi connectivity index (χ1) is 9.22. The number of nitrogens with zero attached hydrogens (tertiary/aromatic N) is 2. The predicted octanol–water partition coefficient (Wildman–Crippen LogP) is 0.394.